The molecule has 1 N–H and O–H groups in total. The third kappa shape index (κ3) is 2.90. The molecule has 0 bridgehead atoms. The number of nitrogens with one attached hydrogen (secondary N) is 1. The van der Waals surface area contributed by atoms with Gasteiger partial charge in [0.25, 0.3) is 0 Å². The lowest BCUT2D eigenvalue weighted by molar-refractivity contribution is 0.0954. The molecule has 0 amide bonds. The maximum Gasteiger partial charge on any atom is 0.129 e. The van der Waals surface area contributed by atoms with E-state index in [1.54, 1.807) is 0 Å². The highest BCUT2D eigenvalue weighted by Crippen LogP contribution is 2.27. The number of rotatable bonds is 4. The van der Waals surface area contributed by atoms with Gasteiger partial charge in [-0.05, 0) is 56.8 Å². The molecule has 1 aromatic carbocycles. The van der Waals surface area contributed by atoms with Crippen LogP contribution >= 0.6 is 0 Å². The van der Waals surface area contributed by atoms with Crippen molar-refractivity contribution in [1.29, 1.82) is 0 Å². The van der Waals surface area contributed by atoms with E-state index in [0.29, 0.717) is 6.10 Å². The number of hydrogen-bond donors (Lipinski definition) is 1. The molecule has 2 atom stereocenters. The van der Waals surface area contributed by atoms with Gasteiger partial charge in [0, 0.05) is 12.6 Å². The predicted octanol–water partition coefficient (Wildman–Crippen LogP) is 3.27. The predicted molar refractivity (Wildman–Crippen MR) is 71.3 cm³/mol. The van der Waals surface area contributed by atoms with Crippen LogP contribution in [-0.2, 0) is 4.74 Å². The van der Waals surface area contributed by atoms with Crippen LogP contribution in [0.25, 0.3) is 0 Å². The average molecular weight is 251 g/mol. The monoisotopic (exact) mass is 251 g/mol. The summed E-state index contributed by atoms with van der Waals surface area (Å²) in [6, 6.07) is 4.13. The first-order valence-electron chi connectivity index (χ1n) is 6.67. The Morgan fingerprint density at radius 2 is 2.06 bits per heavy atom. The van der Waals surface area contributed by atoms with Gasteiger partial charge in [-0.25, -0.2) is 4.39 Å². The normalized spacial score (nSPS) is 21.2. The molecular formula is C15H22FNO. The molecule has 0 saturated carbocycles. The molecule has 0 spiro atoms. The fraction of sp³-hybridized carbons (Fsp3) is 0.600. The number of aryl methyl sites for hydroxylation is 2. The second-order valence-electron chi connectivity index (χ2n) is 5.18. The number of hydrogen-bond acceptors (Lipinski definition) is 2. The summed E-state index contributed by atoms with van der Waals surface area (Å²) in [5.74, 6) is -0.0919. The lowest BCUT2D eigenvalue weighted by Crippen LogP contribution is -2.22. The van der Waals surface area contributed by atoms with Crippen molar-refractivity contribution < 1.29 is 9.13 Å². The molecule has 18 heavy (non-hydrogen) atoms. The lowest BCUT2D eigenvalue weighted by atomic mass is 9.96. The van der Waals surface area contributed by atoms with E-state index in [2.05, 4.69) is 5.32 Å². The van der Waals surface area contributed by atoms with Gasteiger partial charge in [0.05, 0.1) is 6.10 Å². The zero-order chi connectivity index (χ0) is 13.1. The van der Waals surface area contributed by atoms with Gasteiger partial charge in [0.1, 0.15) is 5.82 Å². The largest absolute Gasteiger partial charge is 0.378 e. The minimum Gasteiger partial charge on any atom is -0.378 e. The van der Waals surface area contributed by atoms with Crippen LogP contribution in [0.3, 0.4) is 0 Å². The fourth-order valence-electron chi connectivity index (χ4n) is 2.69. The van der Waals surface area contributed by atoms with E-state index in [4.69, 9.17) is 4.74 Å². The Kier molecular flexibility index (Phi) is 4.36. The van der Waals surface area contributed by atoms with Gasteiger partial charge in [0.15, 0.2) is 0 Å². The molecule has 100 valence electrons. The summed E-state index contributed by atoms with van der Waals surface area (Å²) in [4.78, 5) is 0. The van der Waals surface area contributed by atoms with Crippen molar-refractivity contribution in [3.05, 3.63) is 34.6 Å². The topological polar surface area (TPSA) is 21.3 Å². The van der Waals surface area contributed by atoms with Crippen molar-refractivity contribution in [3.8, 4) is 0 Å². The molecule has 2 nitrogen and oxygen atoms in total. The third-order valence-electron chi connectivity index (χ3n) is 3.73. The molecular weight excluding hydrogens is 229 g/mol. The molecule has 0 aliphatic carbocycles. The average Bonchev–Trinajstić information content (AvgIpc) is 2.85. The Balaban J connectivity index is 2.16. The summed E-state index contributed by atoms with van der Waals surface area (Å²) in [5.41, 5.74) is 2.60. The van der Waals surface area contributed by atoms with Gasteiger partial charge in [-0.2, -0.15) is 0 Å². The molecule has 0 aromatic heterocycles. The minimum absolute atomic E-state index is 0.0919. The van der Waals surface area contributed by atoms with Gasteiger partial charge in [-0.3, -0.25) is 0 Å². The van der Waals surface area contributed by atoms with Crippen LogP contribution in [-0.4, -0.2) is 19.8 Å². The van der Waals surface area contributed by atoms with Crippen LogP contribution in [0.4, 0.5) is 4.39 Å². The summed E-state index contributed by atoms with van der Waals surface area (Å²) >= 11 is 0. The van der Waals surface area contributed by atoms with Crippen molar-refractivity contribution in [3.63, 3.8) is 0 Å². The van der Waals surface area contributed by atoms with E-state index in [9.17, 15) is 4.39 Å². The SMILES string of the molecule is CNC(CC1CCCO1)c1cc(C)c(F)c(C)c1. The van der Waals surface area contributed by atoms with Gasteiger partial charge in [-0.15, -0.1) is 0 Å². The molecule has 1 saturated heterocycles. The van der Waals surface area contributed by atoms with Crippen molar-refractivity contribution in [2.24, 2.45) is 0 Å². The van der Waals surface area contributed by atoms with E-state index < -0.39 is 0 Å². The van der Waals surface area contributed by atoms with Crippen LogP contribution in [0, 0.1) is 19.7 Å². The maximum atomic E-state index is 13.6. The number of benzene rings is 1. The second kappa shape index (κ2) is 5.81. The summed E-state index contributed by atoms with van der Waals surface area (Å²) in [7, 11) is 1.95. The smallest absolute Gasteiger partial charge is 0.129 e. The first kappa shape index (κ1) is 13.5. The van der Waals surface area contributed by atoms with Crippen molar-refractivity contribution in [1.82, 2.24) is 5.32 Å². The van der Waals surface area contributed by atoms with Gasteiger partial charge in [-0.1, -0.05) is 12.1 Å². The fourth-order valence-corrected chi connectivity index (χ4v) is 2.69. The number of halogens is 1. The van der Waals surface area contributed by atoms with Crippen LogP contribution in [0.15, 0.2) is 12.1 Å². The first-order valence-corrected chi connectivity index (χ1v) is 6.67. The molecule has 1 aliphatic rings. The van der Waals surface area contributed by atoms with E-state index >= 15 is 0 Å². The zero-order valence-electron chi connectivity index (χ0n) is 11.4. The van der Waals surface area contributed by atoms with Crippen LogP contribution in [0.5, 0.6) is 0 Å². The van der Waals surface area contributed by atoms with Gasteiger partial charge >= 0.3 is 0 Å². The van der Waals surface area contributed by atoms with Gasteiger partial charge in [0.2, 0.25) is 0 Å². The van der Waals surface area contributed by atoms with Crippen LogP contribution < -0.4 is 5.32 Å². The Morgan fingerprint density at radius 3 is 2.56 bits per heavy atom. The first-order chi connectivity index (χ1) is 8.61. The van der Waals surface area contributed by atoms with Crippen molar-refractivity contribution in [2.75, 3.05) is 13.7 Å². The summed E-state index contributed by atoms with van der Waals surface area (Å²) in [6.45, 7) is 4.53. The number of ether oxygens (including phenoxy) is 1. The highest BCUT2D eigenvalue weighted by atomic mass is 19.1. The third-order valence-corrected chi connectivity index (χ3v) is 3.73. The highest BCUT2D eigenvalue weighted by Gasteiger charge is 2.21. The maximum absolute atomic E-state index is 13.6. The van der Waals surface area contributed by atoms with E-state index in [1.807, 2.05) is 33.0 Å². The van der Waals surface area contributed by atoms with E-state index in [1.165, 1.54) is 0 Å². The van der Waals surface area contributed by atoms with Crippen LogP contribution in [0.1, 0.15) is 42.0 Å². The van der Waals surface area contributed by atoms with E-state index in [0.717, 1.165) is 42.6 Å². The second-order valence-corrected chi connectivity index (χ2v) is 5.18. The molecule has 1 aliphatic heterocycles. The van der Waals surface area contributed by atoms with Gasteiger partial charge < -0.3 is 10.1 Å². The lowest BCUT2D eigenvalue weighted by Gasteiger charge is -2.21. The molecule has 2 unspecified atom stereocenters. The molecule has 1 fully saturated rings. The summed E-state index contributed by atoms with van der Waals surface area (Å²) in [6.07, 6.45) is 3.59. The van der Waals surface area contributed by atoms with Crippen molar-refractivity contribution in [2.45, 2.75) is 45.3 Å². The molecule has 1 aromatic rings. The molecule has 2 rings (SSSR count). The summed E-state index contributed by atoms with van der Waals surface area (Å²) in [5, 5.41) is 3.32. The highest BCUT2D eigenvalue weighted by molar-refractivity contribution is 5.32. The Morgan fingerprint density at radius 1 is 1.39 bits per heavy atom. The molecule has 1 heterocycles. The Bertz CT molecular complexity index is 390. The van der Waals surface area contributed by atoms with E-state index in [-0.39, 0.29) is 11.9 Å². The zero-order valence-corrected chi connectivity index (χ0v) is 11.4. The quantitative estimate of drug-likeness (QED) is 0.886. The molecule has 0 radical (unpaired) electrons. The Labute approximate surface area is 109 Å². The molecule has 3 heteroatoms. The standard InChI is InChI=1S/C15H22FNO/c1-10-7-12(8-11(2)15(10)16)14(17-3)9-13-5-4-6-18-13/h7-8,13-14,17H,4-6,9H2,1-3H3. The minimum atomic E-state index is -0.0919. The van der Waals surface area contributed by atoms with Crippen LogP contribution in [0.2, 0.25) is 0 Å². The Hall–Kier alpha value is -0.930. The van der Waals surface area contributed by atoms with Crippen molar-refractivity contribution >= 4 is 0 Å². The summed E-state index contributed by atoms with van der Waals surface area (Å²) < 4.78 is 19.3.